The summed E-state index contributed by atoms with van der Waals surface area (Å²) in [5.41, 5.74) is 0. The molecule has 1 aliphatic rings. The second-order valence-corrected chi connectivity index (χ2v) is 5.45. The Kier molecular flexibility index (Phi) is 5.73. The van der Waals surface area contributed by atoms with Crippen molar-refractivity contribution >= 4 is 11.6 Å². The molecule has 0 spiro atoms. The minimum Gasteiger partial charge on any atom is -0.368 e. The number of hydrogen-bond acceptors (Lipinski definition) is 4. The van der Waals surface area contributed by atoms with E-state index in [0.717, 1.165) is 45.0 Å². The van der Waals surface area contributed by atoms with Crippen molar-refractivity contribution < 1.29 is 8.78 Å². The van der Waals surface area contributed by atoms with E-state index in [0.29, 0.717) is 6.54 Å². The lowest BCUT2D eigenvalue weighted by Crippen LogP contribution is -2.42. The smallest absolute Gasteiger partial charge is 0.168 e. The highest BCUT2D eigenvalue weighted by Gasteiger charge is 2.21. The van der Waals surface area contributed by atoms with Crippen LogP contribution < -0.4 is 10.6 Å². The van der Waals surface area contributed by atoms with Gasteiger partial charge in [0, 0.05) is 25.2 Å². The molecule has 2 N–H and O–H groups in total. The van der Waals surface area contributed by atoms with Gasteiger partial charge in [-0.25, -0.2) is 13.8 Å². The van der Waals surface area contributed by atoms with E-state index in [2.05, 4.69) is 27.4 Å². The summed E-state index contributed by atoms with van der Waals surface area (Å²) in [6, 6.07) is 1.05. The molecular formula is C15H24F2N4. The van der Waals surface area contributed by atoms with Gasteiger partial charge in [-0.1, -0.05) is 13.8 Å². The van der Waals surface area contributed by atoms with E-state index >= 15 is 0 Å². The zero-order chi connectivity index (χ0) is 15.2. The van der Waals surface area contributed by atoms with Crippen LogP contribution in [0.15, 0.2) is 6.07 Å². The first-order valence-corrected chi connectivity index (χ1v) is 7.72. The van der Waals surface area contributed by atoms with Crippen LogP contribution in [0.1, 0.15) is 33.1 Å². The highest BCUT2D eigenvalue weighted by Crippen LogP contribution is 2.21. The van der Waals surface area contributed by atoms with E-state index in [9.17, 15) is 8.78 Å². The molecule has 2 rings (SSSR count). The first-order valence-electron chi connectivity index (χ1n) is 7.72. The molecule has 4 nitrogen and oxygen atoms in total. The van der Waals surface area contributed by atoms with E-state index in [1.54, 1.807) is 0 Å². The predicted octanol–water partition coefficient (Wildman–Crippen LogP) is 3.08. The zero-order valence-corrected chi connectivity index (χ0v) is 12.8. The van der Waals surface area contributed by atoms with Gasteiger partial charge in [0.05, 0.1) is 0 Å². The number of halogens is 2. The normalized spacial score (nSPS) is 19.5. The third kappa shape index (κ3) is 4.27. The molecule has 6 heteroatoms. The van der Waals surface area contributed by atoms with Gasteiger partial charge in [0.2, 0.25) is 0 Å². The van der Waals surface area contributed by atoms with Crippen molar-refractivity contribution in [3.63, 3.8) is 0 Å². The molecule has 21 heavy (non-hydrogen) atoms. The van der Waals surface area contributed by atoms with Crippen LogP contribution in [0.3, 0.4) is 0 Å². The van der Waals surface area contributed by atoms with Crippen LogP contribution in [0.25, 0.3) is 0 Å². The minimum atomic E-state index is -0.648. The van der Waals surface area contributed by atoms with E-state index in [1.165, 1.54) is 0 Å². The van der Waals surface area contributed by atoms with Gasteiger partial charge < -0.3 is 15.5 Å². The Morgan fingerprint density at radius 3 is 2.76 bits per heavy atom. The summed E-state index contributed by atoms with van der Waals surface area (Å²) in [5.74, 6) is -1.03. The van der Waals surface area contributed by atoms with E-state index in [4.69, 9.17) is 0 Å². The summed E-state index contributed by atoms with van der Waals surface area (Å²) in [6.07, 6.45) is 2.91. The Morgan fingerprint density at radius 2 is 2.05 bits per heavy atom. The average Bonchev–Trinajstić information content (AvgIpc) is 2.49. The molecule has 1 saturated heterocycles. The van der Waals surface area contributed by atoms with Crippen molar-refractivity contribution in [3.05, 3.63) is 17.7 Å². The van der Waals surface area contributed by atoms with Crippen LogP contribution in [-0.4, -0.2) is 42.1 Å². The standard InChI is InChI=1S/C15H24F2N4/c1-3-7-18-14-12(16)9-13(17)15(20-14)19-11-6-5-8-21(4-2)10-11/h9,11H,3-8,10H2,1-2H3,(H2,18,19,20). The molecule has 2 heterocycles. The van der Waals surface area contributed by atoms with E-state index in [-0.39, 0.29) is 17.7 Å². The monoisotopic (exact) mass is 298 g/mol. The maximum atomic E-state index is 13.9. The van der Waals surface area contributed by atoms with Crippen molar-refractivity contribution in [2.45, 2.75) is 39.2 Å². The molecule has 118 valence electrons. The molecule has 1 atom stereocenters. The topological polar surface area (TPSA) is 40.2 Å². The van der Waals surface area contributed by atoms with Gasteiger partial charge in [0.25, 0.3) is 0 Å². The molecule has 0 saturated carbocycles. The number of rotatable bonds is 6. The fraction of sp³-hybridized carbons (Fsp3) is 0.667. The molecule has 1 aromatic heterocycles. The first-order chi connectivity index (χ1) is 10.1. The Labute approximate surface area is 124 Å². The molecule has 0 bridgehead atoms. The van der Waals surface area contributed by atoms with Crippen molar-refractivity contribution in [2.24, 2.45) is 0 Å². The lowest BCUT2D eigenvalue weighted by Gasteiger charge is -2.32. The maximum absolute atomic E-state index is 13.9. The van der Waals surface area contributed by atoms with Gasteiger partial charge in [-0.15, -0.1) is 0 Å². The molecule has 1 fully saturated rings. The summed E-state index contributed by atoms with van der Waals surface area (Å²) in [7, 11) is 0. The number of nitrogens with zero attached hydrogens (tertiary/aromatic N) is 2. The van der Waals surface area contributed by atoms with Gasteiger partial charge >= 0.3 is 0 Å². The molecule has 1 aromatic rings. The minimum absolute atomic E-state index is 0.115. The third-order valence-corrected chi connectivity index (χ3v) is 3.77. The number of likely N-dealkylation sites (N-methyl/N-ethyl adjacent to an activating group) is 1. The molecule has 0 radical (unpaired) electrons. The van der Waals surface area contributed by atoms with E-state index in [1.807, 2.05) is 6.92 Å². The second-order valence-electron chi connectivity index (χ2n) is 5.45. The molecule has 0 aliphatic carbocycles. The summed E-state index contributed by atoms with van der Waals surface area (Å²) >= 11 is 0. The molecular weight excluding hydrogens is 274 g/mol. The summed E-state index contributed by atoms with van der Waals surface area (Å²) in [4.78, 5) is 6.38. The number of hydrogen-bond donors (Lipinski definition) is 2. The number of piperidine rings is 1. The molecule has 1 unspecified atom stereocenters. The molecule has 0 amide bonds. The Morgan fingerprint density at radius 1 is 1.29 bits per heavy atom. The van der Waals surface area contributed by atoms with E-state index < -0.39 is 11.6 Å². The van der Waals surface area contributed by atoms with Crippen molar-refractivity contribution in [3.8, 4) is 0 Å². The van der Waals surface area contributed by atoms with Crippen LogP contribution in [0, 0.1) is 11.6 Å². The largest absolute Gasteiger partial charge is 0.368 e. The Hall–Kier alpha value is -1.43. The Balaban J connectivity index is 2.07. The van der Waals surface area contributed by atoms with Gasteiger partial charge in [0.15, 0.2) is 23.3 Å². The van der Waals surface area contributed by atoms with Crippen LogP contribution in [0.4, 0.5) is 20.4 Å². The summed E-state index contributed by atoms with van der Waals surface area (Å²) in [5, 5.41) is 6.01. The average molecular weight is 298 g/mol. The second kappa shape index (κ2) is 7.54. The van der Waals surface area contributed by atoms with Gasteiger partial charge in [0.1, 0.15) is 0 Å². The van der Waals surface area contributed by atoms with Crippen LogP contribution in [0.2, 0.25) is 0 Å². The van der Waals surface area contributed by atoms with Crippen LogP contribution >= 0.6 is 0 Å². The van der Waals surface area contributed by atoms with Crippen molar-refractivity contribution in [1.29, 1.82) is 0 Å². The summed E-state index contributed by atoms with van der Waals surface area (Å²) in [6.45, 7) is 7.65. The lowest BCUT2D eigenvalue weighted by molar-refractivity contribution is 0.226. The lowest BCUT2D eigenvalue weighted by atomic mass is 10.1. The highest BCUT2D eigenvalue weighted by atomic mass is 19.1. The maximum Gasteiger partial charge on any atom is 0.168 e. The fourth-order valence-corrected chi connectivity index (χ4v) is 2.59. The number of aromatic nitrogens is 1. The quantitative estimate of drug-likeness (QED) is 0.847. The van der Waals surface area contributed by atoms with Gasteiger partial charge in [-0.3, -0.25) is 0 Å². The number of anilines is 2. The SMILES string of the molecule is CCCNc1nc(NC2CCCN(CC)C2)c(F)cc1F. The summed E-state index contributed by atoms with van der Waals surface area (Å²) < 4.78 is 27.5. The number of likely N-dealkylation sites (tertiary alicyclic amines) is 1. The predicted molar refractivity (Wildman–Crippen MR) is 81.7 cm³/mol. The van der Waals surface area contributed by atoms with Crippen molar-refractivity contribution in [2.75, 3.05) is 36.8 Å². The molecule has 0 aromatic carbocycles. The number of nitrogens with one attached hydrogen (secondary N) is 2. The highest BCUT2D eigenvalue weighted by molar-refractivity contribution is 5.48. The molecule has 1 aliphatic heterocycles. The van der Waals surface area contributed by atoms with Crippen LogP contribution in [0.5, 0.6) is 0 Å². The zero-order valence-electron chi connectivity index (χ0n) is 12.8. The third-order valence-electron chi connectivity index (χ3n) is 3.77. The number of pyridine rings is 1. The van der Waals surface area contributed by atoms with Crippen LogP contribution in [-0.2, 0) is 0 Å². The van der Waals surface area contributed by atoms with Gasteiger partial charge in [-0.05, 0) is 32.4 Å². The van der Waals surface area contributed by atoms with Crippen molar-refractivity contribution in [1.82, 2.24) is 9.88 Å². The first kappa shape index (κ1) is 15.9. The fourth-order valence-electron chi connectivity index (χ4n) is 2.59. The van der Waals surface area contributed by atoms with Gasteiger partial charge in [-0.2, -0.15) is 0 Å². The Bertz CT molecular complexity index is 467.